The van der Waals surface area contributed by atoms with Gasteiger partial charge in [0.2, 0.25) is 5.91 Å². The van der Waals surface area contributed by atoms with Gasteiger partial charge < -0.3 is 10.1 Å². The molecule has 18 heavy (non-hydrogen) atoms. The third-order valence-corrected chi connectivity index (χ3v) is 2.73. The quantitative estimate of drug-likeness (QED) is 0.785. The summed E-state index contributed by atoms with van der Waals surface area (Å²) in [5.74, 6) is -0.0101. The van der Waals surface area contributed by atoms with Crippen LogP contribution in [0, 0.1) is 0 Å². The fourth-order valence-corrected chi connectivity index (χ4v) is 1.74. The number of methoxy groups -OCH3 is 1. The molecule has 0 aliphatic carbocycles. The Morgan fingerprint density at radius 3 is 2.61 bits per heavy atom. The molecule has 0 aliphatic heterocycles. The first-order chi connectivity index (χ1) is 8.69. The van der Waals surface area contributed by atoms with E-state index in [0.29, 0.717) is 13.2 Å². The van der Waals surface area contributed by atoms with Gasteiger partial charge in [0, 0.05) is 19.2 Å². The summed E-state index contributed by atoms with van der Waals surface area (Å²) in [6, 6.07) is 7.96. The molecule has 0 saturated carbocycles. The minimum atomic E-state index is -0.0101. The van der Waals surface area contributed by atoms with Crippen LogP contribution in [0.5, 0.6) is 0 Å². The van der Waals surface area contributed by atoms with E-state index < -0.39 is 0 Å². The van der Waals surface area contributed by atoms with Crippen molar-refractivity contribution in [3.8, 4) is 0 Å². The Morgan fingerprint density at radius 2 is 2.00 bits per heavy atom. The van der Waals surface area contributed by atoms with Gasteiger partial charge in [0.25, 0.3) is 0 Å². The fourth-order valence-electron chi connectivity index (χ4n) is 1.74. The maximum Gasteiger partial charge on any atom is 0.246 e. The van der Waals surface area contributed by atoms with Crippen LogP contribution < -0.4 is 5.32 Å². The Bertz CT molecular complexity index is 424. The molecule has 3 heteroatoms. The van der Waals surface area contributed by atoms with E-state index in [1.54, 1.807) is 7.11 Å². The molecule has 1 N–H and O–H groups in total. The van der Waals surface area contributed by atoms with Gasteiger partial charge in [-0.3, -0.25) is 4.79 Å². The number of nitrogens with one attached hydrogen (secondary N) is 1. The van der Waals surface area contributed by atoms with Gasteiger partial charge in [-0.2, -0.15) is 0 Å². The molecule has 0 heterocycles. The normalized spacial score (nSPS) is 11.4. The highest BCUT2D eigenvalue weighted by molar-refractivity contribution is 5.92. The molecule has 0 saturated heterocycles. The number of benzene rings is 1. The fraction of sp³-hybridized carbons (Fsp3) is 0.400. The zero-order valence-corrected chi connectivity index (χ0v) is 11.3. The molecule has 0 atom stereocenters. The van der Waals surface area contributed by atoms with Crippen LogP contribution >= 0.6 is 0 Å². The van der Waals surface area contributed by atoms with Gasteiger partial charge in [0.05, 0.1) is 6.61 Å². The number of carbonyl (C=O) groups excluding carboxylic acids is 1. The number of hydrogen-bond donors (Lipinski definition) is 1. The maximum atomic E-state index is 11.8. The summed E-state index contributed by atoms with van der Waals surface area (Å²) in [6.45, 7) is 4.95. The van der Waals surface area contributed by atoms with Crippen LogP contribution in [0.1, 0.15) is 31.4 Å². The van der Waals surface area contributed by atoms with Gasteiger partial charge in [-0.05, 0) is 24.5 Å². The van der Waals surface area contributed by atoms with Crippen molar-refractivity contribution >= 4 is 5.91 Å². The smallest absolute Gasteiger partial charge is 0.246 e. The largest absolute Gasteiger partial charge is 0.380 e. The van der Waals surface area contributed by atoms with Gasteiger partial charge in [0.1, 0.15) is 0 Å². The second kappa shape index (κ2) is 7.67. The van der Waals surface area contributed by atoms with Crippen molar-refractivity contribution in [3.63, 3.8) is 0 Å². The van der Waals surface area contributed by atoms with Gasteiger partial charge in [0.15, 0.2) is 0 Å². The molecule has 1 rings (SSSR count). The second-order valence-electron chi connectivity index (χ2n) is 4.18. The minimum absolute atomic E-state index is 0.0101. The summed E-state index contributed by atoms with van der Waals surface area (Å²) >= 11 is 0. The van der Waals surface area contributed by atoms with Crippen LogP contribution in [0.2, 0.25) is 0 Å². The molecule has 0 radical (unpaired) electrons. The summed E-state index contributed by atoms with van der Waals surface area (Å²) in [6.07, 6.45) is 2.80. The Morgan fingerprint density at radius 1 is 1.33 bits per heavy atom. The molecule has 0 fully saturated rings. The number of hydrogen-bond acceptors (Lipinski definition) is 2. The molecule has 3 nitrogen and oxygen atoms in total. The van der Waals surface area contributed by atoms with Gasteiger partial charge in [-0.15, -0.1) is 0 Å². The number of ether oxygens (including phenoxy) is 1. The predicted molar refractivity (Wildman–Crippen MR) is 73.0 cm³/mol. The van der Waals surface area contributed by atoms with Gasteiger partial charge >= 0.3 is 0 Å². The lowest BCUT2D eigenvalue weighted by Crippen LogP contribution is -2.24. The third-order valence-electron chi connectivity index (χ3n) is 2.73. The molecular formula is C15H21NO2. The van der Waals surface area contributed by atoms with Crippen LogP contribution in [0.25, 0.3) is 0 Å². The van der Waals surface area contributed by atoms with E-state index in [1.807, 2.05) is 44.2 Å². The van der Waals surface area contributed by atoms with Crippen molar-refractivity contribution in [1.29, 1.82) is 0 Å². The Hall–Kier alpha value is -1.61. The first-order valence-electron chi connectivity index (χ1n) is 6.19. The Kier molecular flexibility index (Phi) is 6.15. The third kappa shape index (κ3) is 4.34. The monoisotopic (exact) mass is 247 g/mol. The maximum absolute atomic E-state index is 11.8. The summed E-state index contributed by atoms with van der Waals surface area (Å²) in [7, 11) is 1.67. The molecule has 0 aliphatic rings. The lowest BCUT2D eigenvalue weighted by atomic mass is 10.1. The number of amides is 1. The van der Waals surface area contributed by atoms with Crippen LogP contribution in [-0.4, -0.2) is 13.0 Å². The molecule has 0 bridgehead atoms. The summed E-state index contributed by atoms with van der Waals surface area (Å²) in [5.41, 5.74) is 2.97. The van der Waals surface area contributed by atoms with E-state index in [0.717, 1.165) is 23.1 Å². The average molecular weight is 247 g/mol. The minimum Gasteiger partial charge on any atom is -0.380 e. The molecule has 0 spiro atoms. The molecule has 1 amide bonds. The van der Waals surface area contributed by atoms with E-state index in [4.69, 9.17) is 4.74 Å². The zero-order valence-electron chi connectivity index (χ0n) is 11.3. The van der Waals surface area contributed by atoms with E-state index in [1.165, 1.54) is 0 Å². The standard InChI is InChI=1S/C15H21NO2/c1-4-7-12(2)15(17)16-10-13-8-5-6-9-14(13)11-18-3/h5-9H,4,10-11H2,1-3H3,(H,16,17)/b12-7-. The van der Waals surface area contributed by atoms with Crippen LogP contribution in [0.15, 0.2) is 35.9 Å². The van der Waals surface area contributed by atoms with Gasteiger partial charge in [-0.1, -0.05) is 37.3 Å². The van der Waals surface area contributed by atoms with Crippen LogP contribution in [0.3, 0.4) is 0 Å². The van der Waals surface area contributed by atoms with Crippen LogP contribution in [-0.2, 0) is 22.7 Å². The zero-order chi connectivity index (χ0) is 13.4. The van der Waals surface area contributed by atoms with E-state index in [-0.39, 0.29) is 5.91 Å². The second-order valence-corrected chi connectivity index (χ2v) is 4.18. The topological polar surface area (TPSA) is 38.3 Å². The van der Waals surface area contributed by atoms with Crippen molar-refractivity contribution in [2.24, 2.45) is 0 Å². The predicted octanol–water partition coefficient (Wildman–Crippen LogP) is 2.81. The highest BCUT2D eigenvalue weighted by Gasteiger charge is 2.05. The SMILES string of the molecule is CC/C=C(/C)C(=O)NCc1ccccc1COC. The van der Waals surface area contributed by atoms with Crippen molar-refractivity contribution in [3.05, 3.63) is 47.0 Å². The molecule has 0 aromatic heterocycles. The average Bonchev–Trinajstić information content (AvgIpc) is 2.38. The first-order valence-corrected chi connectivity index (χ1v) is 6.19. The lowest BCUT2D eigenvalue weighted by molar-refractivity contribution is -0.117. The molecule has 1 aromatic carbocycles. The molecule has 0 unspecified atom stereocenters. The van der Waals surface area contributed by atoms with Crippen molar-refractivity contribution in [2.75, 3.05) is 7.11 Å². The number of carbonyl (C=O) groups is 1. The first kappa shape index (κ1) is 14.5. The summed E-state index contributed by atoms with van der Waals surface area (Å²) in [4.78, 5) is 11.8. The van der Waals surface area contributed by atoms with E-state index in [2.05, 4.69) is 5.32 Å². The lowest BCUT2D eigenvalue weighted by Gasteiger charge is -2.10. The van der Waals surface area contributed by atoms with Crippen molar-refractivity contribution in [2.45, 2.75) is 33.4 Å². The highest BCUT2D eigenvalue weighted by Crippen LogP contribution is 2.09. The Labute approximate surface area is 109 Å². The van der Waals surface area contributed by atoms with E-state index in [9.17, 15) is 4.79 Å². The van der Waals surface area contributed by atoms with Crippen LogP contribution in [0.4, 0.5) is 0 Å². The molecule has 98 valence electrons. The highest BCUT2D eigenvalue weighted by atomic mass is 16.5. The van der Waals surface area contributed by atoms with Crippen molar-refractivity contribution in [1.82, 2.24) is 5.32 Å². The van der Waals surface area contributed by atoms with Crippen molar-refractivity contribution < 1.29 is 9.53 Å². The Balaban J connectivity index is 2.63. The molecule has 1 aromatic rings. The number of allylic oxidation sites excluding steroid dienone is 1. The molecular weight excluding hydrogens is 226 g/mol. The summed E-state index contributed by atoms with van der Waals surface area (Å²) < 4.78 is 5.14. The number of rotatable bonds is 6. The van der Waals surface area contributed by atoms with Gasteiger partial charge in [-0.25, -0.2) is 0 Å². The van der Waals surface area contributed by atoms with E-state index >= 15 is 0 Å². The summed E-state index contributed by atoms with van der Waals surface area (Å²) in [5, 5.41) is 2.92.